The highest BCUT2D eigenvalue weighted by Crippen LogP contribution is 2.31. The lowest BCUT2D eigenvalue weighted by Crippen LogP contribution is -2.29. The average Bonchev–Trinajstić information content (AvgIpc) is 2.91. The quantitative estimate of drug-likeness (QED) is 0.590. The largest absolute Gasteiger partial charge is 0.488 e. The summed E-state index contributed by atoms with van der Waals surface area (Å²) < 4.78 is 19.0. The first-order chi connectivity index (χ1) is 12.5. The number of rotatable bonds is 2. The van der Waals surface area contributed by atoms with E-state index in [-0.39, 0.29) is 23.0 Å². The monoisotopic (exact) mass is 369 g/mol. The van der Waals surface area contributed by atoms with E-state index in [2.05, 4.69) is 0 Å². The molecule has 0 saturated carbocycles. The van der Waals surface area contributed by atoms with Gasteiger partial charge in [0.15, 0.2) is 0 Å². The lowest BCUT2D eigenvalue weighted by molar-refractivity contribution is -0.120. The van der Waals surface area contributed by atoms with Gasteiger partial charge in [0.1, 0.15) is 18.2 Å². The van der Waals surface area contributed by atoms with E-state index in [0.717, 1.165) is 27.9 Å². The number of halogens is 2. The molecule has 4 nitrogen and oxygen atoms in total. The number of anilines is 1. The molecule has 0 bridgehead atoms. The number of carbonyl (C=O) groups excluding carboxylic acids is 2. The number of carbonyl (C=O) groups is 2. The van der Waals surface area contributed by atoms with E-state index in [1.54, 1.807) is 6.08 Å². The third-order valence-corrected chi connectivity index (χ3v) is 4.53. The van der Waals surface area contributed by atoms with Crippen molar-refractivity contribution in [1.82, 2.24) is 0 Å². The zero-order valence-electron chi connectivity index (χ0n) is 13.5. The molecule has 0 aromatic heterocycles. The molecule has 0 spiro atoms. The number of hydrogen-bond donors (Lipinski definition) is 0. The van der Waals surface area contributed by atoms with Crippen molar-refractivity contribution in [2.24, 2.45) is 0 Å². The molecule has 2 aliphatic rings. The highest BCUT2D eigenvalue weighted by Gasteiger charge is 2.35. The molecule has 2 aromatic rings. The van der Waals surface area contributed by atoms with Gasteiger partial charge in [0, 0.05) is 11.1 Å². The number of nitrogens with zero attached hydrogens (tertiary/aromatic N) is 1. The van der Waals surface area contributed by atoms with Gasteiger partial charge in [0.2, 0.25) is 5.91 Å². The Hall–Kier alpha value is -2.92. The summed E-state index contributed by atoms with van der Waals surface area (Å²) in [7, 11) is 0. The number of ether oxygens (including phenoxy) is 1. The third kappa shape index (κ3) is 2.91. The fourth-order valence-electron chi connectivity index (χ4n) is 3.01. The standard InChI is InChI=1S/C20H13ClFNO3/c21-16-10-15(5-6-17(16)22)23-19(24)9-14(20(23)25)8-12-7-13-3-1-2-4-18(13)26-11-12/h1-8,10H,9,11H2/b14-8+. The molecule has 2 aromatic carbocycles. The summed E-state index contributed by atoms with van der Waals surface area (Å²) in [4.78, 5) is 26.0. The van der Waals surface area contributed by atoms with Gasteiger partial charge in [-0.15, -0.1) is 0 Å². The predicted octanol–water partition coefficient (Wildman–Crippen LogP) is 4.14. The molecule has 0 N–H and O–H groups in total. The van der Waals surface area contributed by atoms with Crippen LogP contribution in [0, 0.1) is 5.82 Å². The van der Waals surface area contributed by atoms with Crippen LogP contribution in [0.25, 0.3) is 6.08 Å². The first-order valence-electron chi connectivity index (χ1n) is 7.98. The molecule has 1 fully saturated rings. The normalized spacial score (nSPS) is 18.0. The molecular weight excluding hydrogens is 357 g/mol. The van der Waals surface area contributed by atoms with Gasteiger partial charge in [0.05, 0.1) is 17.1 Å². The second kappa shape index (κ2) is 6.42. The molecule has 0 atom stereocenters. The summed E-state index contributed by atoms with van der Waals surface area (Å²) in [5.41, 5.74) is 2.35. The zero-order valence-corrected chi connectivity index (χ0v) is 14.3. The van der Waals surface area contributed by atoms with Gasteiger partial charge >= 0.3 is 0 Å². The van der Waals surface area contributed by atoms with Crippen LogP contribution in [0.5, 0.6) is 5.75 Å². The van der Waals surface area contributed by atoms with Gasteiger partial charge in [-0.25, -0.2) is 9.29 Å². The first kappa shape index (κ1) is 16.5. The van der Waals surface area contributed by atoms with Crippen LogP contribution in [0.2, 0.25) is 5.02 Å². The Balaban J connectivity index is 1.64. The third-order valence-electron chi connectivity index (χ3n) is 4.24. The number of benzene rings is 2. The van der Waals surface area contributed by atoms with Gasteiger partial charge in [-0.3, -0.25) is 9.59 Å². The fraction of sp³-hybridized carbons (Fsp3) is 0.100. The molecule has 130 valence electrons. The van der Waals surface area contributed by atoms with Crippen LogP contribution in [0.3, 0.4) is 0 Å². The Morgan fingerprint density at radius 3 is 2.77 bits per heavy atom. The summed E-state index contributed by atoms with van der Waals surface area (Å²) in [6, 6.07) is 11.4. The molecule has 4 rings (SSSR count). The van der Waals surface area contributed by atoms with Crippen molar-refractivity contribution >= 4 is 35.2 Å². The van der Waals surface area contributed by atoms with Gasteiger partial charge in [-0.1, -0.05) is 29.8 Å². The van der Waals surface area contributed by atoms with Gasteiger partial charge in [-0.05, 0) is 42.0 Å². The number of para-hydroxylation sites is 1. The van der Waals surface area contributed by atoms with E-state index in [0.29, 0.717) is 12.2 Å². The van der Waals surface area contributed by atoms with Crippen molar-refractivity contribution < 1.29 is 18.7 Å². The van der Waals surface area contributed by atoms with Crippen LogP contribution in [0.4, 0.5) is 10.1 Å². The summed E-state index contributed by atoms with van der Waals surface area (Å²) in [6.07, 6.45) is 3.59. The second-order valence-electron chi connectivity index (χ2n) is 6.02. The van der Waals surface area contributed by atoms with E-state index >= 15 is 0 Å². The molecule has 2 heterocycles. The minimum absolute atomic E-state index is 0.0210. The van der Waals surface area contributed by atoms with E-state index in [1.165, 1.54) is 12.1 Å². The van der Waals surface area contributed by atoms with Crippen molar-refractivity contribution in [3.05, 3.63) is 76.1 Å². The molecular formula is C20H13ClFNO3. The minimum Gasteiger partial charge on any atom is -0.488 e. The Morgan fingerprint density at radius 1 is 1.15 bits per heavy atom. The maximum Gasteiger partial charge on any atom is 0.261 e. The van der Waals surface area contributed by atoms with Crippen molar-refractivity contribution in [3.8, 4) is 5.75 Å². The summed E-state index contributed by atoms with van der Waals surface area (Å²) in [5.74, 6) is -0.626. The SMILES string of the molecule is O=C1C/C(=C\C2=Cc3ccccc3OC2)C(=O)N1c1ccc(F)c(Cl)c1. The molecule has 2 aliphatic heterocycles. The highest BCUT2D eigenvalue weighted by atomic mass is 35.5. The number of amides is 2. The van der Waals surface area contributed by atoms with Crippen LogP contribution in [0.1, 0.15) is 12.0 Å². The highest BCUT2D eigenvalue weighted by molar-refractivity contribution is 6.32. The van der Waals surface area contributed by atoms with Crippen molar-refractivity contribution in [3.63, 3.8) is 0 Å². The van der Waals surface area contributed by atoms with Crippen LogP contribution in [-0.4, -0.2) is 18.4 Å². The second-order valence-corrected chi connectivity index (χ2v) is 6.43. The molecule has 0 aliphatic carbocycles. The number of imide groups is 1. The summed E-state index contributed by atoms with van der Waals surface area (Å²) in [5, 5.41) is -0.138. The summed E-state index contributed by atoms with van der Waals surface area (Å²) in [6.45, 7) is 0.324. The molecule has 6 heteroatoms. The summed E-state index contributed by atoms with van der Waals surface area (Å²) >= 11 is 5.76. The molecule has 2 amide bonds. The average molecular weight is 370 g/mol. The van der Waals surface area contributed by atoms with Crippen LogP contribution < -0.4 is 9.64 Å². The molecule has 1 saturated heterocycles. The Bertz CT molecular complexity index is 996. The van der Waals surface area contributed by atoms with Crippen molar-refractivity contribution in [1.29, 1.82) is 0 Å². The topological polar surface area (TPSA) is 46.6 Å². The maximum absolute atomic E-state index is 13.3. The lowest BCUT2D eigenvalue weighted by atomic mass is 10.0. The van der Waals surface area contributed by atoms with Crippen LogP contribution >= 0.6 is 11.6 Å². The Kier molecular flexibility index (Phi) is 4.09. The van der Waals surface area contributed by atoms with E-state index < -0.39 is 11.7 Å². The zero-order chi connectivity index (χ0) is 18.3. The van der Waals surface area contributed by atoms with E-state index in [1.807, 2.05) is 30.3 Å². The Labute approximate surface area is 154 Å². The van der Waals surface area contributed by atoms with Crippen LogP contribution in [0.15, 0.2) is 59.7 Å². The smallest absolute Gasteiger partial charge is 0.261 e. The fourth-order valence-corrected chi connectivity index (χ4v) is 3.19. The van der Waals surface area contributed by atoms with Gasteiger partial charge < -0.3 is 4.74 Å². The van der Waals surface area contributed by atoms with Gasteiger partial charge in [-0.2, -0.15) is 0 Å². The van der Waals surface area contributed by atoms with E-state index in [9.17, 15) is 14.0 Å². The molecule has 0 unspecified atom stereocenters. The van der Waals surface area contributed by atoms with E-state index in [4.69, 9.17) is 16.3 Å². The van der Waals surface area contributed by atoms with Crippen molar-refractivity contribution in [2.75, 3.05) is 11.5 Å². The van der Waals surface area contributed by atoms with Gasteiger partial charge in [0.25, 0.3) is 5.91 Å². The predicted molar refractivity (Wildman–Crippen MR) is 96.5 cm³/mol. The lowest BCUT2D eigenvalue weighted by Gasteiger charge is -2.16. The molecule has 0 radical (unpaired) electrons. The Morgan fingerprint density at radius 2 is 1.96 bits per heavy atom. The molecule has 26 heavy (non-hydrogen) atoms. The van der Waals surface area contributed by atoms with Crippen molar-refractivity contribution in [2.45, 2.75) is 6.42 Å². The number of fused-ring (bicyclic) bond motifs is 1. The van der Waals surface area contributed by atoms with Crippen LogP contribution in [-0.2, 0) is 9.59 Å². The number of hydrogen-bond acceptors (Lipinski definition) is 3. The first-order valence-corrected chi connectivity index (χ1v) is 8.36. The minimum atomic E-state index is -0.603. The maximum atomic E-state index is 13.3.